The van der Waals surface area contributed by atoms with Gasteiger partial charge in [0.2, 0.25) is 0 Å². The van der Waals surface area contributed by atoms with E-state index in [4.69, 9.17) is 0 Å². The Labute approximate surface area is 111 Å². The van der Waals surface area contributed by atoms with Crippen molar-refractivity contribution in [3.63, 3.8) is 0 Å². The summed E-state index contributed by atoms with van der Waals surface area (Å²) in [4.78, 5) is 0. The van der Waals surface area contributed by atoms with E-state index in [1.807, 2.05) is 0 Å². The lowest BCUT2D eigenvalue weighted by Gasteiger charge is -2.11. The number of nitrogens with one attached hydrogen (secondary N) is 2. The molecule has 1 saturated heterocycles. The van der Waals surface area contributed by atoms with Crippen LogP contribution in [0.15, 0.2) is 24.3 Å². The Bertz CT molecular complexity index is 337. The molecule has 1 fully saturated rings. The zero-order valence-electron chi connectivity index (χ0n) is 11.7. The lowest BCUT2D eigenvalue weighted by molar-refractivity contribution is 0.523. The smallest absolute Gasteiger partial charge is 0.0205 e. The molecule has 1 heterocycles. The van der Waals surface area contributed by atoms with E-state index in [9.17, 15) is 0 Å². The molecule has 2 rings (SSSR count). The highest BCUT2D eigenvalue weighted by molar-refractivity contribution is 5.24. The molecule has 1 aliphatic heterocycles. The third-order valence-electron chi connectivity index (χ3n) is 3.81. The van der Waals surface area contributed by atoms with Crippen LogP contribution in [0.2, 0.25) is 0 Å². The van der Waals surface area contributed by atoms with Gasteiger partial charge in [0.25, 0.3) is 0 Å². The predicted octanol–water partition coefficient (Wildman–Crippen LogP) is 3.04. The fraction of sp³-hybridized carbons (Fsp3) is 0.625. The van der Waals surface area contributed by atoms with Crippen LogP contribution in [0.4, 0.5) is 0 Å². The molecular weight excluding hydrogens is 220 g/mol. The molecule has 1 atom stereocenters. The molecule has 1 aromatic carbocycles. The summed E-state index contributed by atoms with van der Waals surface area (Å²) in [6.45, 7) is 7.79. The SMILES string of the molecule is CC(C)c1ccc(CNCCC2CCCN2)cc1. The Hall–Kier alpha value is -0.860. The van der Waals surface area contributed by atoms with Crippen LogP contribution in [0.1, 0.15) is 50.2 Å². The summed E-state index contributed by atoms with van der Waals surface area (Å²) >= 11 is 0. The molecule has 100 valence electrons. The molecule has 1 aromatic rings. The van der Waals surface area contributed by atoms with Gasteiger partial charge in [0, 0.05) is 12.6 Å². The zero-order chi connectivity index (χ0) is 12.8. The molecule has 2 N–H and O–H groups in total. The number of hydrogen-bond donors (Lipinski definition) is 2. The molecule has 2 heteroatoms. The largest absolute Gasteiger partial charge is 0.314 e. The normalized spacial score (nSPS) is 19.6. The summed E-state index contributed by atoms with van der Waals surface area (Å²) in [7, 11) is 0. The minimum Gasteiger partial charge on any atom is -0.314 e. The van der Waals surface area contributed by atoms with Gasteiger partial charge in [-0.3, -0.25) is 0 Å². The molecule has 0 saturated carbocycles. The van der Waals surface area contributed by atoms with Crippen LogP contribution in [0.3, 0.4) is 0 Å². The molecule has 18 heavy (non-hydrogen) atoms. The molecule has 0 aromatic heterocycles. The van der Waals surface area contributed by atoms with Gasteiger partial charge in [-0.1, -0.05) is 38.1 Å². The molecule has 2 nitrogen and oxygen atoms in total. The van der Waals surface area contributed by atoms with Gasteiger partial charge in [0.15, 0.2) is 0 Å². The Kier molecular flexibility index (Phi) is 5.21. The van der Waals surface area contributed by atoms with Crippen LogP contribution in [0.5, 0.6) is 0 Å². The van der Waals surface area contributed by atoms with Crippen LogP contribution < -0.4 is 10.6 Å². The molecule has 0 bridgehead atoms. The van der Waals surface area contributed by atoms with Crippen molar-refractivity contribution >= 4 is 0 Å². The number of benzene rings is 1. The second kappa shape index (κ2) is 6.91. The highest BCUT2D eigenvalue weighted by Crippen LogP contribution is 2.14. The second-order valence-corrected chi connectivity index (χ2v) is 5.66. The van der Waals surface area contributed by atoms with Crippen molar-refractivity contribution in [2.45, 2.75) is 51.6 Å². The van der Waals surface area contributed by atoms with E-state index in [2.05, 4.69) is 48.7 Å². The summed E-state index contributed by atoms with van der Waals surface area (Å²) in [5.41, 5.74) is 2.81. The summed E-state index contributed by atoms with van der Waals surface area (Å²) in [5, 5.41) is 7.07. The number of rotatable bonds is 6. The van der Waals surface area contributed by atoms with Crippen LogP contribution in [0, 0.1) is 0 Å². The van der Waals surface area contributed by atoms with Gasteiger partial charge in [0.1, 0.15) is 0 Å². The van der Waals surface area contributed by atoms with E-state index in [-0.39, 0.29) is 0 Å². The fourth-order valence-electron chi connectivity index (χ4n) is 2.53. The van der Waals surface area contributed by atoms with Gasteiger partial charge >= 0.3 is 0 Å². The average molecular weight is 246 g/mol. The monoisotopic (exact) mass is 246 g/mol. The highest BCUT2D eigenvalue weighted by Gasteiger charge is 2.12. The molecule has 0 aliphatic carbocycles. The second-order valence-electron chi connectivity index (χ2n) is 5.66. The first-order valence-electron chi connectivity index (χ1n) is 7.28. The van der Waals surface area contributed by atoms with E-state index in [0.29, 0.717) is 5.92 Å². The Morgan fingerprint density at radius 2 is 2.06 bits per heavy atom. The Morgan fingerprint density at radius 3 is 2.67 bits per heavy atom. The van der Waals surface area contributed by atoms with E-state index in [1.165, 1.54) is 36.9 Å². The third-order valence-corrected chi connectivity index (χ3v) is 3.81. The Morgan fingerprint density at radius 1 is 1.28 bits per heavy atom. The summed E-state index contributed by atoms with van der Waals surface area (Å²) in [6.07, 6.45) is 3.95. The standard InChI is InChI=1S/C16H26N2/c1-13(2)15-7-5-14(6-8-15)12-17-11-9-16-4-3-10-18-16/h5-8,13,16-18H,3-4,9-12H2,1-2H3. The highest BCUT2D eigenvalue weighted by atomic mass is 14.9. The van der Waals surface area contributed by atoms with E-state index >= 15 is 0 Å². The minimum absolute atomic E-state index is 0.625. The van der Waals surface area contributed by atoms with Crippen LogP contribution in [-0.4, -0.2) is 19.1 Å². The maximum atomic E-state index is 3.54. The van der Waals surface area contributed by atoms with Crippen LogP contribution in [0.25, 0.3) is 0 Å². The van der Waals surface area contributed by atoms with Crippen LogP contribution >= 0.6 is 0 Å². The first-order valence-corrected chi connectivity index (χ1v) is 7.28. The molecule has 1 unspecified atom stereocenters. The molecule has 0 spiro atoms. The van der Waals surface area contributed by atoms with Crippen molar-refractivity contribution in [3.8, 4) is 0 Å². The maximum absolute atomic E-state index is 3.54. The lowest BCUT2D eigenvalue weighted by atomic mass is 10.0. The molecule has 0 amide bonds. The number of hydrogen-bond acceptors (Lipinski definition) is 2. The maximum Gasteiger partial charge on any atom is 0.0205 e. The molecular formula is C16H26N2. The average Bonchev–Trinajstić information content (AvgIpc) is 2.88. The van der Waals surface area contributed by atoms with Gasteiger partial charge in [-0.2, -0.15) is 0 Å². The van der Waals surface area contributed by atoms with Crippen molar-refractivity contribution in [3.05, 3.63) is 35.4 Å². The van der Waals surface area contributed by atoms with Crippen molar-refractivity contribution in [1.82, 2.24) is 10.6 Å². The first kappa shape index (κ1) is 13.6. The van der Waals surface area contributed by atoms with Gasteiger partial charge in [-0.15, -0.1) is 0 Å². The van der Waals surface area contributed by atoms with Crippen molar-refractivity contribution < 1.29 is 0 Å². The minimum atomic E-state index is 0.625. The van der Waals surface area contributed by atoms with E-state index in [1.54, 1.807) is 0 Å². The van der Waals surface area contributed by atoms with E-state index in [0.717, 1.165) is 19.1 Å². The van der Waals surface area contributed by atoms with Gasteiger partial charge in [-0.25, -0.2) is 0 Å². The molecule has 1 aliphatic rings. The zero-order valence-corrected chi connectivity index (χ0v) is 11.7. The summed E-state index contributed by atoms with van der Waals surface area (Å²) in [6, 6.07) is 9.74. The summed E-state index contributed by atoms with van der Waals surface area (Å²) in [5.74, 6) is 0.625. The lowest BCUT2D eigenvalue weighted by Crippen LogP contribution is -2.26. The fourth-order valence-corrected chi connectivity index (χ4v) is 2.53. The van der Waals surface area contributed by atoms with E-state index < -0.39 is 0 Å². The Balaban J connectivity index is 1.66. The van der Waals surface area contributed by atoms with Gasteiger partial charge in [0.05, 0.1) is 0 Å². The van der Waals surface area contributed by atoms with Crippen LogP contribution in [-0.2, 0) is 6.54 Å². The first-order chi connectivity index (χ1) is 8.75. The molecule has 0 radical (unpaired) electrons. The van der Waals surface area contributed by atoms with Gasteiger partial charge in [-0.05, 0) is 49.4 Å². The predicted molar refractivity (Wildman–Crippen MR) is 77.9 cm³/mol. The summed E-state index contributed by atoms with van der Waals surface area (Å²) < 4.78 is 0. The van der Waals surface area contributed by atoms with Crippen molar-refractivity contribution in [1.29, 1.82) is 0 Å². The van der Waals surface area contributed by atoms with Gasteiger partial charge < -0.3 is 10.6 Å². The van der Waals surface area contributed by atoms with Crippen molar-refractivity contribution in [2.24, 2.45) is 0 Å². The topological polar surface area (TPSA) is 24.1 Å². The quantitative estimate of drug-likeness (QED) is 0.754. The van der Waals surface area contributed by atoms with Crippen molar-refractivity contribution in [2.75, 3.05) is 13.1 Å². The third kappa shape index (κ3) is 4.11.